The first-order chi connectivity index (χ1) is 20.6. The molecule has 1 aromatic carbocycles. The van der Waals surface area contributed by atoms with Gasteiger partial charge in [0, 0.05) is 26.2 Å². The Kier molecular flexibility index (Phi) is 10.5. The maximum atomic E-state index is 14.7. The van der Waals surface area contributed by atoms with Gasteiger partial charge in [-0.05, 0) is 43.6 Å². The van der Waals surface area contributed by atoms with Crippen molar-refractivity contribution in [1.29, 1.82) is 0 Å². The minimum atomic E-state index is -1.13. The Labute approximate surface area is 257 Å². The van der Waals surface area contributed by atoms with Crippen LogP contribution < -0.4 is 0 Å². The summed E-state index contributed by atoms with van der Waals surface area (Å²) in [6.45, 7) is 17.3. The second kappa shape index (κ2) is 13.8. The molecule has 43 heavy (non-hydrogen) atoms. The highest BCUT2D eigenvalue weighted by atomic mass is 16.5. The lowest BCUT2D eigenvalue weighted by molar-refractivity contribution is -0.158. The van der Waals surface area contributed by atoms with E-state index in [0.717, 1.165) is 18.4 Å². The van der Waals surface area contributed by atoms with Gasteiger partial charge in [-0.2, -0.15) is 0 Å². The van der Waals surface area contributed by atoms with E-state index in [1.807, 2.05) is 51.1 Å². The molecule has 4 rings (SSSR count). The molecule has 2 unspecified atom stereocenters. The first-order valence-corrected chi connectivity index (χ1v) is 16.1. The van der Waals surface area contributed by atoms with Crippen LogP contribution in [-0.4, -0.2) is 87.1 Å². The van der Waals surface area contributed by atoms with Crippen LogP contribution in [0.25, 0.3) is 0 Å². The number of nitrogens with zero attached hydrogens (tertiary/aromatic N) is 3. The molecule has 1 aromatic rings. The van der Waals surface area contributed by atoms with Gasteiger partial charge in [-0.1, -0.05) is 76.6 Å². The summed E-state index contributed by atoms with van der Waals surface area (Å²) >= 11 is 0. The van der Waals surface area contributed by atoms with Crippen LogP contribution in [0.3, 0.4) is 0 Å². The fraction of sp³-hybridized carbons (Fsp3) is 0.629. The van der Waals surface area contributed by atoms with Crippen LogP contribution in [0.4, 0.5) is 0 Å². The Morgan fingerprint density at radius 3 is 2.35 bits per heavy atom. The molecule has 3 heterocycles. The fourth-order valence-corrected chi connectivity index (χ4v) is 7.88. The van der Waals surface area contributed by atoms with E-state index < -0.39 is 35.1 Å². The number of carbonyl (C=O) groups excluding carboxylic acids is 3. The summed E-state index contributed by atoms with van der Waals surface area (Å²) in [5.74, 6) is -1.92. The van der Waals surface area contributed by atoms with Crippen molar-refractivity contribution in [2.45, 2.75) is 96.1 Å². The Bertz CT molecular complexity index is 1170. The number of fused-ring (bicyclic) bond motifs is 1. The van der Waals surface area contributed by atoms with Gasteiger partial charge in [0.25, 0.3) is 0 Å². The molecule has 3 aliphatic rings. The second-order valence-electron chi connectivity index (χ2n) is 13.0. The molecule has 3 aliphatic heterocycles. The Balaban J connectivity index is 1.82. The van der Waals surface area contributed by atoms with Crippen LogP contribution in [0.1, 0.15) is 71.8 Å². The van der Waals surface area contributed by atoms with E-state index in [-0.39, 0.29) is 30.2 Å². The summed E-state index contributed by atoms with van der Waals surface area (Å²) in [6, 6.07) is 8.33. The van der Waals surface area contributed by atoms with Crippen molar-refractivity contribution in [2.24, 2.45) is 17.8 Å². The average molecular weight is 594 g/mol. The van der Waals surface area contributed by atoms with E-state index in [4.69, 9.17) is 4.74 Å². The average Bonchev–Trinajstić information content (AvgIpc) is 3.61. The molecule has 2 bridgehead atoms. The minimum absolute atomic E-state index is 0.142. The number of carbonyl (C=O) groups is 3. The lowest BCUT2D eigenvalue weighted by atomic mass is 9.64. The molecular weight excluding hydrogens is 542 g/mol. The van der Waals surface area contributed by atoms with Crippen molar-refractivity contribution in [1.82, 2.24) is 14.7 Å². The predicted octanol–water partition coefficient (Wildman–Crippen LogP) is 4.58. The molecule has 8 heteroatoms. The summed E-state index contributed by atoms with van der Waals surface area (Å²) in [5.41, 5.74) is -0.979. The van der Waals surface area contributed by atoms with Gasteiger partial charge in [-0.25, -0.2) is 0 Å². The maximum absolute atomic E-state index is 14.7. The van der Waals surface area contributed by atoms with Crippen LogP contribution in [0.15, 0.2) is 55.6 Å². The van der Waals surface area contributed by atoms with E-state index in [1.165, 1.54) is 0 Å². The SMILES string of the molecule is C=CCN(CCCC)C(=O)C1N([C@@H](CO)CC(C)C)C(=O)[C@@H]2[C@H](C(=O)N(CC=C)Cc3ccccc3)[C@]3(CC)CCC12O3. The first-order valence-electron chi connectivity index (χ1n) is 16.1. The van der Waals surface area contributed by atoms with Crippen molar-refractivity contribution in [3.63, 3.8) is 0 Å². The molecule has 0 saturated carbocycles. The molecule has 0 radical (unpaired) electrons. The van der Waals surface area contributed by atoms with E-state index in [0.29, 0.717) is 51.9 Å². The van der Waals surface area contributed by atoms with Crippen molar-refractivity contribution in [3.8, 4) is 0 Å². The Morgan fingerprint density at radius 2 is 1.77 bits per heavy atom. The zero-order chi connectivity index (χ0) is 31.4. The van der Waals surface area contributed by atoms with Crippen molar-refractivity contribution in [3.05, 3.63) is 61.2 Å². The fourth-order valence-electron chi connectivity index (χ4n) is 7.88. The number of aliphatic hydroxyl groups is 1. The highest BCUT2D eigenvalue weighted by molar-refractivity contribution is 5.99. The molecule has 1 N–H and O–H groups in total. The number of rotatable bonds is 16. The summed E-state index contributed by atoms with van der Waals surface area (Å²) in [4.78, 5) is 49.1. The monoisotopic (exact) mass is 593 g/mol. The number of hydrogen-bond donors (Lipinski definition) is 1. The molecule has 3 fully saturated rings. The molecule has 0 aliphatic carbocycles. The smallest absolute Gasteiger partial charge is 0.248 e. The number of aliphatic hydroxyl groups excluding tert-OH is 1. The van der Waals surface area contributed by atoms with Gasteiger partial charge in [-0.15, -0.1) is 13.2 Å². The van der Waals surface area contributed by atoms with Crippen LogP contribution in [0.2, 0.25) is 0 Å². The molecule has 3 saturated heterocycles. The van der Waals surface area contributed by atoms with Crippen molar-refractivity contribution >= 4 is 17.7 Å². The quantitative estimate of drug-likeness (QED) is 0.284. The summed E-state index contributed by atoms with van der Waals surface area (Å²) in [6.07, 6.45) is 7.38. The van der Waals surface area contributed by atoms with E-state index in [9.17, 15) is 19.5 Å². The summed E-state index contributed by atoms with van der Waals surface area (Å²) < 4.78 is 7.01. The van der Waals surface area contributed by atoms with Gasteiger partial charge in [0.05, 0.1) is 30.1 Å². The van der Waals surface area contributed by atoms with E-state index >= 15 is 0 Å². The number of hydrogen-bond acceptors (Lipinski definition) is 5. The molecule has 3 amide bonds. The van der Waals surface area contributed by atoms with Gasteiger partial charge in [-0.3, -0.25) is 14.4 Å². The number of amides is 3. The number of unbranched alkanes of at least 4 members (excludes halogenated alkanes) is 1. The molecule has 0 aromatic heterocycles. The Hall–Kier alpha value is -2.97. The standard InChI is InChI=1S/C35H51N3O5/c1-7-11-21-36(19-8-2)33(42)30-35-18-17-34(10-4,43-35)28(29(35)32(41)38(30)27(24-39)22-25(5)6)31(40)37(20-9-3)23-26-15-13-12-14-16-26/h8-9,12-16,25,27-30,39H,2-3,7,10-11,17-24H2,1,4-6H3/t27-,28-,29+,30?,34+,35?/m1/s1. The van der Waals surface area contributed by atoms with Crippen LogP contribution in [-0.2, 0) is 25.7 Å². The van der Waals surface area contributed by atoms with E-state index in [1.54, 1.807) is 26.9 Å². The zero-order valence-corrected chi connectivity index (χ0v) is 26.5. The van der Waals surface area contributed by atoms with Crippen molar-refractivity contribution in [2.75, 3.05) is 26.2 Å². The van der Waals surface area contributed by atoms with Gasteiger partial charge >= 0.3 is 0 Å². The lowest BCUT2D eigenvalue weighted by Crippen LogP contribution is -2.59. The maximum Gasteiger partial charge on any atom is 0.248 e. The molecule has 8 nitrogen and oxygen atoms in total. The highest BCUT2D eigenvalue weighted by Gasteiger charge is 2.79. The topological polar surface area (TPSA) is 90.4 Å². The molecule has 6 atom stereocenters. The summed E-state index contributed by atoms with van der Waals surface area (Å²) in [5, 5.41) is 10.6. The Morgan fingerprint density at radius 1 is 1.09 bits per heavy atom. The molecular formula is C35H51N3O5. The lowest BCUT2D eigenvalue weighted by Gasteiger charge is -2.40. The zero-order valence-electron chi connectivity index (χ0n) is 26.5. The number of benzene rings is 1. The summed E-state index contributed by atoms with van der Waals surface area (Å²) in [7, 11) is 0. The third-order valence-corrected chi connectivity index (χ3v) is 9.79. The first kappa shape index (κ1) is 32.9. The number of likely N-dealkylation sites (tertiary alicyclic amines) is 1. The van der Waals surface area contributed by atoms with Crippen LogP contribution in [0, 0.1) is 17.8 Å². The number of ether oxygens (including phenoxy) is 1. The molecule has 236 valence electrons. The normalized spacial score (nSPS) is 28.2. The van der Waals surface area contributed by atoms with Gasteiger partial charge < -0.3 is 24.5 Å². The van der Waals surface area contributed by atoms with Gasteiger partial charge in [0.1, 0.15) is 11.6 Å². The predicted molar refractivity (Wildman–Crippen MR) is 168 cm³/mol. The second-order valence-corrected chi connectivity index (χ2v) is 13.0. The minimum Gasteiger partial charge on any atom is -0.394 e. The largest absolute Gasteiger partial charge is 0.394 e. The van der Waals surface area contributed by atoms with E-state index in [2.05, 4.69) is 20.1 Å². The molecule has 1 spiro atoms. The van der Waals surface area contributed by atoms with Gasteiger partial charge in [0.15, 0.2) is 0 Å². The van der Waals surface area contributed by atoms with Gasteiger partial charge in [0.2, 0.25) is 17.7 Å². The van der Waals surface area contributed by atoms with Crippen LogP contribution in [0.5, 0.6) is 0 Å². The third kappa shape index (κ3) is 5.93. The third-order valence-electron chi connectivity index (χ3n) is 9.79. The van der Waals surface area contributed by atoms with Crippen LogP contribution >= 0.6 is 0 Å². The highest BCUT2D eigenvalue weighted by Crippen LogP contribution is 2.65. The van der Waals surface area contributed by atoms with Crippen molar-refractivity contribution < 1.29 is 24.2 Å².